The van der Waals surface area contributed by atoms with E-state index < -0.39 is 0 Å². The highest BCUT2D eigenvalue weighted by Gasteiger charge is 2.34. The molecule has 88 valence electrons. The van der Waals surface area contributed by atoms with Gasteiger partial charge in [-0.1, -0.05) is 24.4 Å². The molecule has 1 aliphatic carbocycles. The minimum atomic E-state index is 0.190. The second-order valence-corrected chi connectivity index (χ2v) is 5.89. The fourth-order valence-corrected chi connectivity index (χ4v) is 3.44. The molecule has 1 aliphatic rings. The molecule has 1 aromatic rings. The van der Waals surface area contributed by atoms with Crippen molar-refractivity contribution in [2.45, 2.75) is 36.0 Å². The molecule has 2 N–H and O–H groups in total. The van der Waals surface area contributed by atoms with Crippen LogP contribution in [0.4, 0.5) is 0 Å². The Morgan fingerprint density at radius 2 is 2.00 bits per heavy atom. The normalized spacial score (nSPS) is 18.9. The van der Waals surface area contributed by atoms with Crippen LogP contribution in [0.15, 0.2) is 23.1 Å². The molecule has 0 saturated heterocycles. The molecule has 0 heterocycles. The maximum absolute atomic E-state index is 6.17. The molecular formula is C13H18ClNS. The number of hydrogen-bond donors (Lipinski definition) is 1. The van der Waals surface area contributed by atoms with E-state index in [1.807, 2.05) is 6.07 Å². The first kappa shape index (κ1) is 12.3. The fraction of sp³-hybridized carbons (Fsp3) is 0.538. The maximum atomic E-state index is 6.17. The Morgan fingerprint density at radius 1 is 1.31 bits per heavy atom. The summed E-state index contributed by atoms with van der Waals surface area (Å²) in [5, 5.41) is 0.835. The minimum absolute atomic E-state index is 0.190. The van der Waals surface area contributed by atoms with Crippen LogP contribution in [0.2, 0.25) is 5.02 Å². The molecular weight excluding hydrogens is 238 g/mol. The van der Waals surface area contributed by atoms with Crippen molar-refractivity contribution in [3.63, 3.8) is 0 Å². The Balaban J connectivity index is 2.41. The van der Waals surface area contributed by atoms with Gasteiger partial charge in [0.25, 0.3) is 0 Å². The summed E-state index contributed by atoms with van der Waals surface area (Å²) < 4.78 is 0. The summed E-state index contributed by atoms with van der Waals surface area (Å²) in [6.45, 7) is 0.737. The van der Waals surface area contributed by atoms with Crippen molar-refractivity contribution in [2.75, 3.05) is 12.8 Å². The van der Waals surface area contributed by atoms with Crippen LogP contribution < -0.4 is 5.73 Å². The summed E-state index contributed by atoms with van der Waals surface area (Å²) in [6.07, 6.45) is 7.07. The van der Waals surface area contributed by atoms with E-state index in [9.17, 15) is 0 Å². The summed E-state index contributed by atoms with van der Waals surface area (Å²) in [4.78, 5) is 1.24. The highest BCUT2D eigenvalue weighted by molar-refractivity contribution is 7.98. The Morgan fingerprint density at radius 3 is 2.56 bits per heavy atom. The molecule has 0 aliphatic heterocycles. The second-order valence-electron chi connectivity index (χ2n) is 4.57. The van der Waals surface area contributed by atoms with Crippen molar-refractivity contribution in [2.24, 2.45) is 5.73 Å². The third kappa shape index (κ3) is 2.24. The first-order valence-corrected chi connectivity index (χ1v) is 7.36. The van der Waals surface area contributed by atoms with Crippen LogP contribution in [0, 0.1) is 0 Å². The summed E-state index contributed by atoms with van der Waals surface area (Å²) in [7, 11) is 0. The molecule has 1 aromatic carbocycles. The van der Waals surface area contributed by atoms with Gasteiger partial charge in [-0.25, -0.2) is 0 Å². The molecule has 1 fully saturated rings. The van der Waals surface area contributed by atoms with Crippen molar-refractivity contribution >= 4 is 23.4 Å². The lowest BCUT2D eigenvalue weighted by Crippen LogP contribution is -2.32. The van der Waals surface area contributed by atoms with Gasteiger partial charge in [-0.05, 0) is 42.9 Å². The van der Waals surface area contributed by atoms with Gasteiger partial charge < -0.3 is 5.73 Å². The highest BCUT2D eigenvalue weighted by Crippen LogP contribution is 2.42. The van der Waals surface area contributed by atoms with Crippen LogP contribution in [0.5, 0.6) is 0 Å². The van der Waals surface area contributed by atoms with Gasteiger partial charge in [-0.2, -0.15) is 0 Å². The van der Waals surface area contributed by atoms with Gasteiger partial charge in [-0.15, -0.1) is 11.8 Å². The lowest BCUT2D eigenvalue weighted by atomic mass is 9.79. The van der Waals surface area contributed by atoms with Gasteiger partial charge in [0.1, 0.15) is 0 Å². The summed E-state index contributed by atoms with van der Waals surface area (Å²) in [5.74, 6) is 0. The Labute approximate surface area is 107 Å². The standard InChI is InChI=1S/C13H18ClNS/c1-16-12-7-10(6-11(14)8-12)13(9-15)4-2-3-5-13/h6-8H,2-5,9,15H2,1H3. The van der Waals surface area contributed by atoms with Crippen molar-refractivity contribution in [3.8, 4) is 0 Å². The van der Waals surface area contributed by atoms with E-state index in [2.05, 4.69) is 18.4 Å². The largest absolute Gasteiger partial charge is 0.330 e. The van der Waals surface area contributed by atoms with Gasteiger partial charge in [0.05, 0.1) is 0 Å². The lowest BCUT2D eigenvalue weighted by molar-refractivity contribution is 0.452. The number of halogens is 1. The second kappa shape index (κ2) is 4.99. The van der Waals surface area contributed by atoms with Gasteiger partial charge in [-0.3, -0.25) is 0 Å². The number of hydrogen-bond acceptors (Lipinski definition) is 2. The van der Waals surface area contributed by atoms with Crippen LogP contribution in [0.3, 0.4) is 0 Å². The van der Waals surface area contributed by atoms with Gasteiger partial charge in [0.15, 0.2) is 0 Å². The zero-order valence-corrected chi connectivity index (χ0v) is 11.2. The first-order chi connectivity index (χ1) is 7.70. The predicted octanol–water partition coefficient (Wildman–Crippen LogP) is 3.83. The van der Waals surface area contributed by atoms with Crippen molar-refractivity contribution in [1.82, 2.24) is 0 Å². The Bertz CT molecular complexity index is 372. The van der Waals surface area contributed by atoms with E-state index in [0.29, 0.717) is 0 Å². The first-order valence-electron chi connectivity index (χ1n) is 5.75. The topological polar surface area (TPSA) is 26.0 Å². The molecule has 0 radical (unpaired) electrons. The van der Waals surface area contributed by atoms with E-state index in [1.165, 1.54) is 36.1 Å². The van der Waals surface area contributed by atoms with Crippen molar-refractivity contribution in [1.29, 1.82) is 0 Å². The van der Waals surface area contributed by atoms with E-state index in [4.69, 9.17) is 17.3 Å². The molecule has 3 heteroatoms. The fourth-order valence-electron chi connectivity index (χ4n) is 2.65. The summed E-state index contributed by atoms with van der Waals surface area (Å²) in [6, 6.07) is 6.38. The number of thioether (sulfide) groups is 1. The number of rotatable bonds is 3. The Kier molecular flexibility index (Phi) is 3.83. The van der Waals surface area contributed by atoms with E-state index in [1.54, 1.807) is 11.8 Å². The van der Waals surface area contributed by atoms with Crippen molar-refractivity contribution < 1.29 is 0 Å². The summed E-state index contributed by atoms with van der Waals surface area (Å²) >= 11 is 7.91. The van der Waals surface area contributed by atoms with Crippen LogP contribution in [-0.4, -0.2) is 12.8 Å². The number of nitrogens with two attached hydrogens (primary N) is 1. The molecule has 2 rings (SSSR count). The quantitative estimate of drug-likeness (QED) is 0.831. The van der Waals surface area contributed by atoms with Crippen LogP contribution in [-0.2, 0) is 5.41 Å². The van der Waals surface area contributed by atoms with E-state index >= 15 is 0 Å². The predicted molar refractivity (Wildman–Crippen MR) is 72.4 cm³/mol. The molecule has 0 unspecified atom stereocenters. The van der Waals surface area contributed by atoms with Crippen molar-refractivity contribution in [3.05, 3.63) is 28.8 Å². The third-order valence-electron chi connectivity index (χ3n) is 3.67. The molecule has 1 nitrogen and oxygen atoms in total. The van der Waals surface area contributed by atoms with Crippen LogP contribution in [0.25, 0.3) is 0 Å². The Hall–Kier alpha value is -0.180. The monoisotopic (exact) mass is 255 g/mol. The zero-order chi connectivity index (χ0) is 11.6. The summed E-state index contributed by atoms with van der Waals surface area (Å²) in [5.41, 5.74) is 7.52. The minimum Gasteiger partial charge on any atom is -0.330 e. The lowest BCUT2D eigenvalue weighted by Gasteiger charge is -2.28. The smallest absolute Gasteiger partial charge is 0.0420 e. The van der Waals surface area contributed by atoms with Gasteiger partial charge >= 0.3 is 0 Å². The van der Waals surface area contributed by atoms with E-state index in [0.717, 1.165) is 11.6 Å². The molecule has 0 aromatic heterocycles. The van der Waals surface area contributed by atoms with Gasteiger partial charge in [0.2, 0.25) is 0 Å². The number of benzene rings is 1. The zero-order valence-electron chi connectivity index (χ0n) is 9.63. The van der Waals surface area contributed by atoms with E-state index in [-0.39, 0.29) is 5.41 Å². The molecule has 1 saturated carbocycles. The third-order valence-corrected chi connectivity index (χ3v) is 4.60. The average molecular weight is 256 g/mol. The van der Waals surface area contributed by atoms with Gasteiger partial charge in [0, 0.05) is 21.9 Å². The molecule has 0 bridgehead atoms. The average Bonchev–Trinajstić information content (AvgIpc) is 2.78. The van der Waals surface area contributed by atoms with Crippen LogP contribution >= 0.6 is 23.4 Å². The highest BCUT2D eigenvalue weighted by atomic mass is 35.5. The molecule has 0 atom stereocenters. The van der Waals surface area contributed by atoms with Crippen LogP contribution in [0.1, 0.15) is 31.2 Å². The SMILES string of the molecule is CSc1cc(Cl)cc(C2(CN)CCCC2)c1. The maximum Gasteiger partial charge on any atom is 0.0420 e. The molecule has 0 amide bonds. The molecule has 0 spiro atoms. The molecule has 16 heavy (non-hydrogen) atoms.